The van der Waals surface area contributed by atoms with E-state index in [1.165, 1.54) is 0 Å². The van der Waals surface area contributed by atoms with Gasteiger partial charge < -0.3 is 13.9 Å². The molecule has 1 saturated carbocycles. The van der Waals surface area contributed by atoms with Crippen molar-refractivity contribution in [2.75, 3.05) is 6.54 Å². The fourth-order valence-corrected chi connectivity index (χ4v) is 2.94. The first-order valence-electron chi connectivity index (χ1n) is 7.43. The second kappa shape index (κ2) is 4.72. The van der Waals surface area contributed by atoms with Crippen molar-refractivity contribution in [3.8, 4) is 0 Å². The van der Waals surface area contributed by atoms with Crippen LogP contribution in [0.5, 0.6) is 0 Å². The number of carbonyl (C=O) groups excluding carboxylic acids is 1. The molecule has 1 aliphatic carbocycles. The Balaban J connectivity index is 1.56. The van der Waals surface area contributed by atoms with Crippen LogP contribution in [0.25, 0.3) is 0 Å². The van der Waals surface area contributed by atoms with Crippen LogP contribution in [-0.2, 0) is 0 Å². The van der Waals surface area contributed by atoms with Crippen LogP contribution in [0.4, 0.5) is 0 Å². The number of rotatable bonds is 3. The second-order valence-corrected chi connectivity index (χ2v) is 5.92. The number of carbonyl (C=O) groups is 1. The Morgan fingerprint density at radius 1 is 1.19 bits per heavy atom. The van der Waals surface area contributed by atoms with Gasteiger partial charge in [0.15, 0.2) is 11.5 Å². The summed E-state index contributed by atoms with van der Waals surface area (Å²) in [5.41, 5.74) is 1.24. The summed E-state index contributed by atoms with van der Waals surface area (Å²) in [7, 11) is 0. The van der Waals surface area contributed by atoms with E-state index in [0.29, 0.717) is 11.6 Å². The average Bonchev–Trinajstić information content (AvgIpc) is 2.94. The summed E-state index contributed by atoms with van der Waals surface area (Å²) in [5, 5.41) is 7.86. The highest BCUT2D eigenvalue weighted by atomic mass is 16.5. The van der Waals surface area contributed by atoms with E-state index in [9.17, 15) is 4.79 Å². The van der Waals surface area contributed by atoms with Crippen LogP contribution >= 0.6 is 0 Å². The van der Waals surface area contributed by atoms with Gasteiger partial charge in [0.05, 0.1) is 11.7 Å². The highest BCUT2D eigenvalue weighted by Crippen LogP contribution is 2.40. The first-order valence-corrected chi connectivity index (χ1v) is 7.43. The molecule has 6 nitrogen and oxygen atoms in total. The highest BCUT2D eigenvalue weighted by Gasteiger charge is 2.35. The normalized spacial score (nSPS) is 22.0. The Morgan fingerprint density at radius 3 is 2.71 bits per heavy atom. The molecule has 110 valence electrons. The van der Waals surface area contributed by atoms with Crippen LogP contribution in [-0.4, -0.2) is 27.7 Å². The Kier molecular flexibility index (Phi) is 2.83. The molecule has 1 amide bonds. The van der Waals surface area contributed by atoms with Crippen molar-refractivity contribution in [1.29, 1.82) is 0 Å². The predicted molar refractivity (Wildman–Crippen MR) is 72.7 cm³/mol. The van der Waals surface area contributed by atoms with Gasteiger partial charge in [-0.2, -0.15) is 0 Å². The number of hydrogen-bond donors (Lipinski definition) is 0. The van der Waals surface area contributed by atoms with Gasteiger partial charge in [-0.25, -0.2) is 0 Å². The maximum absolute atomic E-state index is 12.6. The third-order valence-electron chi connectivity index (χ3n) is 4.22. The highest BCUT2D eigenvalue weighted by molar-refractivity contribution is 5.92. The van der Waals surface area contributed by atoms with E-state index >= 15 is 0 Å². The minimum absolute atomic E-state index is 0.0419. The van der Waals surface area contributed by atoms with Crippen molar-refractivity contribution >= 4 is 5.91 Å². The van der Waals surface area contributed by atoms with Crippen LogP contribution < -0.4 is 0 Å². The fourth-order valence-electron chi connectivity index (χ4n) is 2.94. The summed E-state index contributed by atoms with van der Waals surface area (Å²) in [4.78, 5) is 14.4. The van der Waals surface area contributed by atoms with Crippen molar-refractivity contribution in [2.24, 2.45) is 0 Å². The lowest BCUT2D eigenvalue weighted by molar-refractivity contribution is 0.0704. The lowest BCUT2D eigenvalue weighted by Gasteiger charge is -2.21. The molecule has 1 aliphatic heterocycles. The summed E-state index contributed by atoms with van der Waals surface area (Å²) in [6, 6.07) is 3.65. The van der Waals surface area contributed by atoms with Crippen molar-refractivity contribution in [2.45, 2.75) is 44.6 Å². The van der Waals surface area contributed by atoms with Crippen molar-refractivity contribution in [3.05, 3.63) is 35.0 Å². The molecule has 0 N–H and O–H groups in total. The van der Waals surface area contributed by atoms with Gasteiger partial charge in [0, 0.05) is 24.6 Å². The van der Waals surface area contributed by atoms with E-state index in [1.54, 1.807) is 6.07 Å². The molecule has 0 unspecified atom stereocenters. The second-order valence-electron chi connectivity index (χ2n) is 5.92. The first kappa shape index (κ1) is 12.6. The largest absolute Gasteiger partial charge is 0.360 e. The molecule has 0 radical (unpaired) electrons. The Morgan fingerprint density at radius 2 is 2.00 bits per heavy atom. The smallest absolute Gasteiger partial charge is 0.276 e. The van der Waals surface area contributed by atoms with Crippen LogP contribution in [0.15, 0.2) is 21.2 Å². The molecule has 0 bridgehead atoms. The molecule has 6 heteroatoms. The summed E-state index contributed by atoms with van der Waals surface area (Å²) in [6.45, 7) is 2.60. The van der Waals surface area contributed by atoms with Gasteiger partial charge in [-0.3, -0.25) is 4.79 Å². The maximum atomic E-state index is 12.6. The Labute approximate surface area is 122 Å². The molecule has 0 spiro atoms. The van der Waals surface area contributed by atoms with Gasteiger partial charge in [-0.1, -0.05) is 10.3 Å². The van der Waals surface area contributed by atoms with Gasteiger partial charge in [0.1, 0.15) is 5.76 Å². The molecule has 2 fully saturated rings. The number of likely N-dealkylation sites (tertiary alicyclic amines) is 1. The van der Waals surface area contributed by atoms with E-state index < -0.39 is 0 Å². The fraction of sp³-hybridized carbons (Fsp3) is 0.533. The van der Waals surface area contributed by atoms with Crippen LogP contribution in [0, 0.1) is 6.92 Å². The molecule has 1 atom stereocenters. The van der Waals surface area contributed by atoms with Gasteiger partial charge in [0.2, 0.25) is 0 Å². The minimum Gasteiger partial charge on any atom is -0.360 e. The molecule has 2 aromatic rings. The van der Waals surface area contributed by atoms with Crippen LogP contribution in [0.1, 0.15) is 65.3 Å². The van der Waals surface area contributed by atoms with E-state index in [0.717, 1.165) is 49.4 Å². The van der Waals surface area contributed by atoms with E-state index in [1.807, 2.05) is 17.9 Å². The van der Waals surface area contributed by atoms with Crippen LogP contribution in [0.2, 0.25) is 0 Å². The zero-order chi connectivity index (χ0) is 14.4. The maximum Gasteiger partial charge on any atom is 0.276 e. The molecular formula is C15H17N3O3. The number of amides is 1. The molecule has 0 aromatic carbocycles. The molecule has 1 saturated heterocycles. The third-order valence-corrected chi connectivity index (χ3v) is 4.22. The quantitative estimate of drug-likeness (QED) is 0.868. The van der Waals surface area contributed by atoms with E-state index in [2.05, 4.69) is 10.3 Å². The standard InChI is InChI=1S/C15H17N3O3/c1-9-7-14(21-16-9)12-3-2-6-18(12)15(19)11-8-13(20-17-11)10-4-5-10/h7-8,10,12H,2-6H2,1H3/t12-/m1/s1. The number of hydrogen-bond acceptors (Lipinski definition) is 5. The topological polar surface area (TPSA) is 72.4 Å². The molecule has 2 aromatic heterocycles. The Bertz CT molecular complexity index is 671. The van der Waals surface area contributed by atoms with Gasteiger partial charge in [-0.15, -0.1) is 0 Å². The van der Waals surface area contributed by atoms with Crippen molar-refractivity contribution in [3.63, 3.8) is 0 Å². The SMILES string of the molecule is Cc1cc([C@H]2CCCN2C(=O)c2cc(C3CC3)on2)on1. The molecule has 2 aliphatic rings. The molecule has 3 heterocycles. The third kappa shape index (κ3) is 2.24. The van der Waals surface area contributed by atoms with Gasteiger partial charge in [0.25, 0.3) is 5.91 Å². The summed E-state index contributed by atoms with van der Waals surface area (Å²) >= 11 is 0. The average molecular weight is 287 g/mol. The van der Waals surface area contributed by atoms with E-state index in [-0.39, 0.29) is 11.9 Å². The lowest BCUT2D eigenvalue weighted by Crippen LogP contribution is -2.30. The first-order chi connectivity index (χ1) is 10.2. The Hall–Kier alpha value is -2.11. The van der Waals surface area contributed by atoms with Crippen molar-refractivity contribution < 1.29 is 13.8 Å². The predicted octanol–water partition coefficient (Wildman–Crippen LogP) is 2.83. The zero-order valence-corrected chi connectivity index (χ0v) is 11.9. The summed E-state index contributed by atoms with van der Waals surface area (Å²) in [5.74, 6) is 1.97. The lowest BCUT2D eigenvalue weighted by atomic mass is 10.1. The minimum atomic E-state index is -0.0813. The van der Waals surface area contributed by atoms with Crippen molar-refractivity contribution in [1.82, 2.24) is 15.2 Å². The number of aryl methyl sites for hydroxylation is 1. The monoisotopic (exact) mass is 287 g/mol. The van der Waals surface area contributed by atoms with Crippen LogP contribution in [0.3, 0.4) is 0 Å². The summed E-state index contributed by atoms with van der Waals surface area (Å²) < 4.78 is 10.6. The van der Waals surface area contributed by atoms with Gasteiger partial charge in [-0.05, 0) is 32.6 Å². The molecular weight excluding hydrogens is 270 g/mol. The zero-order valence-electron chi connectivity index (χ0n) is 11.9. The molecule has 4 rings (SSSR count). The number of nitrogens with zero attached hydrogens (tertiary/aromatic N) is 3. The van der Waals surface area contributed by atoms with Gasteiger partial charge >= 0.3 is 0 Å². The molecule has 21 heavy (non-hydrogen) atoms. The number of aromatic nitrogens is 2. The van der Waals surface area contributed by atoms with E-state index in [4.69, 9.17) is 9.05 Å². The summed E-state index contributed by atoms with van der Waals surface area (Å²) in [6.07, 6.45) is 4.12.